The number of anilines is 1. The number of thiophene rings is 1. The van der Waals surface area contributed by atoms with Crippen molar-refractivity contribution in [3.8, 4) is 0 Å². The maximum absolute atomic E-state index is 12.2. The molecule has 0 aliphatic heterocycles. The van der Waals surface area contributed by atoms with Gasteiger partial charge in [-0.05, 0) is 42.1 Å². The number of nitrogens with one attached hydrogen (secondary N) is 1. The lowest BCUT2D eigenvalue weighted by Crippen LogP contribution is -2.28. The Morgan fingerprint density at radius 1 is 1.32 bits per heavy atom. The first-order chi connectivity index (χ1) is 9.20. The molecule has 4 nitrogen and oxygen atoms in total. The van der Waals surface area contributed by atoms with Crippen molar-refractivity contribution in [3.63, 3.8) is 0 Å². The minimum atomic E-state index is 0.0279. The largest absolute Gasteiger partial charge is 0.341 e. The molecule has 0 aliphatic carbocycles. The topological polar surface area (TPSA) is 58.4 Å². The Balaban J connectivity index is 1.94. The molecule has 0 atom stereocenters. The average molecular weight is 275 g/mol. The molecule has 3 N–H and O–H groups in total. The van der Waals surface area contributed by atoms with Crippen LogP contribution in [0.15, 0.2) is 41.8 Å². The van der Waals surface area contributed by atoms with E-state index in [0.717, 1.165) is 18.7 Å². The quantitative estimate of drug-likeness (QED) is 0.650. The van der Waals surface area contributed by atoms with E-state index >= 15 is 0 Å². The molecule has 2 aromatic rings. The number of nitrogen functional groups attached to an aromatic ring is 1. The number of nitrogens with two attached hydrogens (primary N) is 1. The van der Waals surface area contributed by atoms with Gasteiger partial charge in [-0.25, -0.2) is 0 Å². The van der Waals surface area contributed by atoms with Crippen LogP contribution in [0.5, 0.6) is 0 Å². The van der Waals surface area contributed by atoms with Gasteiger partial charge in [-0.1, -0.05) is 6.07 Å². The molecule has 5 heteroatoms. The van der Waals surface area contributed by atoms with E-state index in [2.05, 4.69) is 16.9 Å². The van der Waals surface area contributed by atoms with E-state index in [1.165, 1.54) is 4.88 Å². The number of hydrogen-bond acceptors (Lipinski definition) is 4. The van der Waals surface area contributed by atoms with Gasteiger partial charge in [0.1, 0.15) is 0 Å². The molecule has 0 spiro atoms. The molecule has 19 heavy (non-hydrogen) atoms. The monoisotopic (exact) mass is 275 g/mol. The minimum absolute atomic E-state index is 0.0279. The summed E-state index contributed by atoms with van der Waals surface area (Å²) in [4.78, 5) is 15.2. The van der Waals surface area contributed by atoms with Crippen LogP contribution in [0.3, 0.4) is 0 Å². The van der Waals surface area contributed by atoms with Gasteiger partial charge in [-0.3, -0.25) is 10.6 Å². The number of carbonyl (C=O) groups is 1. The third-order valence-corrected chi connectivity index (χ3v) is 3.86. The minimum Gasteiger partial charge on any atom is -0.341 e. The number of benzene rings is 1. The van der Waals surface area contributed by atoms with E-state index in [1.54, 1.807) is 40.5 Å². The van der Waals surface area contributed by atoms with E-state index in [0.29, 0.717) is 5.56 Å². The summed E-state index contributed by atoms with van der Waals surface area (Å²) in [6.07, 6.45) is 0.891. The Morgan fingerprint density at radius 3 is 2.63 bits per heavy atom. The van der Waals surface area contributed by atoms with Crippen molar-refractivity contribution in [2.45, 2.75) is 6.42 Å². The van der Waals surface area contributed by atoms with Gasteiger partial charge in [0.15, 0.2) is 0 Å². The van der Waals surface area contributed by atoms with Gasteiger partial charge in [0.05, 0.1) is 0 Å². The summed E-state index contributed by atoms with van der Waals surface area (Å²) < 4.78 is 0. The second kappa shape index (κ2) is 6.36. The second-order valence-electron chi connectivity index (χ2n) is 4.28. The van der Waals surface area contributed by atoms with Crippen molar-refractivity contribution >= 4 is 22.9 Å². The summed E-state index contributed by atoms with van der Waals surface area (Å²) in [5, 5.41) is 2.05. The molecule has 2 rings (SSSR count). The van der Waals surface area contributed by atoms with E-state index in [9.17, 15) is 4.79 Å². The van der Waals surface area contributed by atoms with Gasteiger partial charge in [0.2, 0.25) is 0 Å². The highest BCUT2D eigenvalue weighted by molar-refractivity contribution is 7.09. The van der Waals surface area contributed by atoms with Crippen LogP contribution in [-0.2, 0) is 6.42 Å². The zero-order valence-electron chi connectivity index (χ0n) is 10.8. The molecule has 100 valence electrons. The SMILES string of the molecule is CN(CCc1cccs1)C(=O)c1ccc(NN)cc1. The summed E-state index contributed by atoms with van der Waals surface area (Å²) in [7, 11) is 1.82. The van der Waals surface area contributed by atoms with Crippen LogP contribution in [0.4, 0.5) is 5.69 Å². The first kappa shape index (κ1) is 13.6. The lowest BCUT2D eigenvalue weighted by atomic mass is 10.2. The molecule has 1 aromatic heterocycles. The number of amides is 1. The molecule has 0 bridgehead atoms. The molecular formula is C14H17N3OS. The molecule has 0 fully saturated rings. The van der Waals surface area contributed by atoms with Crippen molar-refractivity contribution in [2.75, 3.05) is 19.0 Å². The van der Waals surface area contributed by atoms with Crippen LogP contribution in [-0.4, -0.2) is 24.4 Å². The maximum Gasteiger partial charge on any atom is 0.253 e. The molecule has 0 saturated heterocycles. The average Bonchev–Trinajstić information content (AvgIpc) is 2.97. The standard InChI is InChI=1S/C14H17N3OS/c1-17(9-8-13-3-2-10-19-13)14(18)11-4-6-12(16-15)7-5-11/h2-7,10,16H,8-9,15H2,1H3. The Morgan fingerprint density at radius 2 is 2.05 bits per heavy atom. The predicted octanol–water partition coefficient (Wildman–Crippen LogP) is 2.35. The first-order valence-electron chi connectivity index (χ1n) is 6.05. The smallest absolute Gasteiger partial charge is 0.253 e. The van der Waals surface area contributed by atoms with Gasteiger partial charge in [-0.2, -0.15) is 0 Å². The van der Waals surface area contributed by atoms with Crippen LogP contribution in [0.1, 0.15) is 15.2 Å². The predicted molar refractivity (Wildman–Crippen MR) is 79.2 cm³/mol. The van der Waals surface area contributed by atoms with Gasteiger partial charge in [0.25, 0.3) is 5.91 Å². The zero-order chi connectivity index (χ0) is 13.7. The fraction of sp³-hybridized carbons (Fsp3) is 0.214. The Labute approximate surface area is 116 Å². The Kier molecular flexibility index (Phi) is 4.54. The third-order valence-electron chi connectivity index (χ3n) is 2.92. The maximum atomic E-state index is 12.2. The van der Waals surface area contributed by atoms with E-state index in [1.807, 2.05) is 13.1 Å². The van der Waals surface area contributed by atoms with Crippen molar-refractivity contribution in [2.24, 2.45) is 5.84 Å². The summed E-state index contributed by atoms with van der Waals surface area (Å²) in [5.41, 5.74) is 4.01. The number of likely N-dealkylation sites (N-methyl/N-ethyl adjacent to an activating group) is 1. The van der Waals surface area contributed by atoms with Crippen LogP contribution >= 0.6 is 11.3 Å². The number of carbonyl (C=O) groups excluding carboxylic acids is 1. The molecule has 0 radical (unpaired) electrons. The number of hydrogen-bond donors (Lipinski definition) is 2. The van der Waals surface area contributed by atoms with Crippen molar-refractivity contribution in [3.05, 3.63) is 52.2 Å². The molecule has 1 aromatic carbocycles. The van der Waals surface area contributed by atoms with Gasteiger partial charge in [-0.15, -0.1) is 11.3 Å². The fourth-order valence-electron chi connectivity index (χ4n) is 1.76. The van der Waals surface area contributed by atoms with E-state index in [4.69, 9.17) is 5.84 Å². The highest BCUT2D eigenvalue weighted by Gasteiger charge is 2.11. The number of nitrogens with zero attached hydrogens (tertiary/aromatic N) is 1. The first-order valence-corrected chi connectivity index (χ1v) is 6.93. The summed E-state index contributed by atoms with van der Waals surface area (Å²) in [6.45, 7) is 0.718. The lowest BCUT2D eigenvalue weighted by Gasteiger charge is -2.17. The van der Waals surface area contributed by atoms with E-state index in [-0.39, 0.29) is 5.91 Å². The fourth-order valence-corrected chi connectivity index (χ4v) is 2.46. The highest BCUT2D eigenvalue weighted by atomic mass is 32.1. The summed E-state index contributed by atoms with van der Waals surface area (Å²) in [6, 6.07) is 11.3. The van der Waals surface area contributed by atoms with Gasteiger partial charge >= 0.3 is 0 Å². The van der Waals surface area contributed by atoms with Crippen LogP contribution in [0, 0.1) is 0 Å². The van der Waals surface area contributed by atoms with Gasteiger partial charge < -0.3 is 10.3 Å². The highest BCUT2D eigenvalue weighted by Crippen LogP contribution is 2.12. The van der Waals surface area contributed by atoms with Crippen LogP contribution in [0.25, 0.3) is 0 Å². The molecule has 0 aliphatic rings. The molecule has 0 saturated carbocycles. The van der Waals surface area contributed by atoms with Crippen molar-refractivity contribution in [1.82, 2.24) is 4.90 Å². The summed E-state index contributed by atoms with van der Waals surface area (Å²) in [5.74, 6) is 5.32. The Hall–Kier alpha value is -1.85. The lowest BCUT2D eigenvalue weighted by molar-refractivity contribution is 0.0797. The number of rotatable bonds is 5. The zero-order valence-corrected chi connectivity index (χ0v) is 11.6. The number of hydrazine groups is 1. The van der Waals surface area contributed by atoms with E-state index < -0.39 is 0 Å². The van der Waals surface area contributed by atoms with Crippen molar-refractivity contribution < 1.29 is 4.79 Å². The third kappa shape index (κ3) is 3.56. The molecule has 1 amide bonds. The van der Waals surface area contributed by atoms with Crippen molar-refractivity contribution in [1.29, 1.82) is 0 Å². The summed E-state index contributed by atoms with van der Waals surface area (Å²) >= 11 is 1.72. The molecular weight excluding hydrogens is 258 g/mol. The Bertz CT molecular complexity index is 522. The second-order valence-corrected chi connectivity index (χ2v) is 5.31. The van der Waals surface area contributed by atoms with Gasteiger partial charge in [0, 0.05) is 29.7 Å². The van der Waals surface area contributed by atoms with Crippen LogP contribution < -0.4 is 11.3 Å². The molecule has 1 heterocycles. The van der Waals surface area contributed by atoms with Crippen LogP contribution in [0.2, 0.25) is 0 Å². The molecule has 0 unspecified atom stereocenters. The normalized spacial score (nSPS) is 10.2.